The van der Waals surface area contributed by atoms with Crippen LogP contribution in [-0.2, 0) is 4.74 Å². The highest BCUT2D eigenvalue weighted by molar-refractivity contribution is 7.08. The molecule has 0 aliphatic carbocycles. The first-order valence-electron chi connectivity index (χ1n) is 9.60. The van der Waals surface area contributed by atoms with Gasteiger partial charge < -0.3 is 14.8 Å². The number of carbonyl (C=O) groups is 1. The molecule has 1 aromatic carbocycles. The van der Waals surface area contributed by atoms with Crippen LogP contribution in [0.3, 0.4) is 0 Å². The fourth-order valence-corrected chi connectivity index (χ4v) is 3.75. The molecule has 0 spiro atoms. The summed E-state index contributed by atoms with van der Waals surface area (Å²) in [4.78, 5) is 16.5. The first kappa shape index (κ1) is 21.3. The Hall–Kier alpha value is -2.98. The van der Waals surface area contributed by atoms with Crippen molar-refractivity contribution in [2.24, 2.45) is 5.92 Å². The Labute approximate surface area is 180 Å². The zero-order chi connectivity index (χ0) is 21.8. The highest BCUT2D eigenvalue weighted by Crippen LogP contribution is 2.31. The molecular formula is C21H18F3N3O3S. The van der Waals surface area contributed by atoms with E-state index in [0.717, 1.165) is 54.7 Å². The molecule has 0 saturated carbocycles. The maximum absolute atomic E-state index is 14.2. The molecule has 10 heteroatoms. The molecule has 1 aliphatic heterocycles. The number of halogens is 3. The van der Waals surface area contributed by atoms with E-state index in [9.17, 15) is 18.0 Å². The molecule has 31 heavy (non-hydrogen) atoms. The number of benzene rings is 1. The van der Waals surface area contributed by atoms with Gasteiger partial charge in [0.2, 0.25) is 5.06 Å². The lowest BCUT2D eigenvalue weighted by atomic mass is 10.0. The van der Waals surface area contributed by atoms with Gasteiger partial charge in [-0.15, -0.1) is 0 Å². The highest BCUT2D eigenvalue weighted by atomic mass is 32.1. The molecule has 1 aliphatic rings. The summed E-state index contributed by atoms with van der Waals surface area (Å²) < 4.78 is 57.5. The van der Waals surface area contributed by atoms with E-state index < -0.39 is 34.6 Å². The lowest BCUT2D eigenvalue weighted by molar-refractivity contribution is 0.0504. The molecule has 162 valence electrons. The number of hydrogen-bond donors (Lipinski definition) is 1. The van der Waals surface area contributed by atoms with Gasteiger partial charge in [-0.25, -0.2) is 18.2 Å². The smallest absolute Gasteiger partial charge is 0.274 e. The van der Waals surface area contributed by atoms with Crippen LogP contribution in [0.15, 0.2) is 36.5 Å². The number of aromatic nitrogens is 2. The zero-order valence-corrected chi connectivity index (χ0v) is 17.1. The molecule has 0 bridgehead atoms. The van der Waals surface area contributed by atoms with Crippen LogP contribution in [0.1, 0.15) is 23.3 Å². The molecule has 1 N–H and O–H groups in total. The van der Waals surface area contributed by atoms with Crippen LogP contribution in [0.4, 0.5) is 18.9 Å². The van der Waals surface area contributed by atoms with Gasteiger partial charge in [-0.05, 0) is 43.0 Å². The standard InChI is InChI=1S/C21H18F3N3O3S/c22-13-2-1-3-14(23)18(13)19-15(24)4-5-16(26-19)20(28)27-17-10-25-31-21(17)30-11-12-6-8-29-9-7-12/h1-5,10,12H,6-9,11H2,(H,27,28). The second-order valence-corrected chi connectivity index (χ2v) is 7.74. The van der Waals surface area contributed by atoms with Crippen molar-refractivity contribution in [3.63, 3.8) is 0 Å². The minimum absolute atomic E-state index is 0.208. The Bertz CT molecular complexity index is 1070. The van der Waals surface area contributed by atoms with E-state index in [-0.39, 0.29) is 5.69 Å². The van der Waals surface area contributed by atoms with E-state index in [1.54, 1.807) is 0 Å². The van der Waals surface area contributed by atoms with Crippen molar-refractivity contribution in [2.45, 2.75) is 12.8 Å². The number of amides is 1. The predicted octanol–water partition coefficient (Wildman–Crippen LogP) is 4.68. The fraction of sp³-hybridized carbons (Fsp3) is 0.286. The monoisotopic (exact) mass is 449 g/mol. The first-order valence-corrected chi connectivity index (χ1v) is 10.4. The molecule has 2 aromatic heterocycles. The van der Waals surface area contributed by atoms with Crippen molar-refractivity contribution >= 4 is 23.1 Å². The minimum atomic E-state index is -0.977. The summed E-state index contributed by atoms with van der Waals surface area (Å²) in [6.07, 6.45) is 3.23. The van der Waals surface area contributed by atoms with Crippen LogP contribution in [-0.4, -0.2) is 35.1 Å². The summed E-state index contributed by atoms with van der Waals surface area (Å²) in [5, 5.41) is 3.04. The van der Waals surface area contributed by atoms with E-state index in [0.29, 0.717) is 36.5 Å². The summed E-state index contributed by atoms with van der Waals surface area (Å²) in [6.45, 7) is 1.86. The molecule has 3 aromatic rings. The lowest BCUT2D eigenvalue weighted by Gasteiger charge is -2.21. The number of anilines is 1. The zero-order valence-electron chi connectivity index (χ0n) is 16.2. The molecule has 1 saturated heterocycles. The number of nitrogens with one attached hydrogen (secondary N) is 1. The van der Waals surface area contributed by atoms with Crippen LogP contribution >= 0.6 is 11.5 Å². The predicted molar refractivity (Wildman–Crippen MR) is 109 cm³/mol. The van der Waals surface area contributed by atoms with Crippen LogP contribution in [0.5, 0.6) is 5.06 Å². The van der Waals surface area contributed by atoms with E-state index >= 15 is 0 Å². The first-order chi connectivity index (χ1) is 15.0. The third kappa shape index (κ3) is 4.86. The Balaban J connectivity index is 1.50. The SMILES string of the molecule is O=C(Nc1cnsc1OCC1CCOCC1)c1ccc(F)c(-c2c(F)cccc2F)n1. The van der Waals surface area contributed by atoms with E-state index in [2.05, 4.69) is 14.7 Å². The number of hydrogen-bond acceptors (Lipinski definition) is 6. The minimum Gasteiger partial charge on any atom is -0.481 e. The number of nitrogens with zero attached hydrogens (tertiary/aromatic N) is 2. The summed E-state index contributed by atoms with van der Waals surface area (Å²) in [7, 11) is 0. The Morgan fingerprint density at radius 3 is 2.61 bits per heavy atom. The van der Waals surface area contributed by atoms with Gasteiger partial charge in [0.15, 0.2) is 0 Å². The Morgan fingerprint density at radius 2 is 1.87 bits per heavy atom. The lowest BCUT2D eigenvalue weighted by Crippen LogP contribution is -2.21. The van der Waals surface area contributed by atoms with Crippen molar-refractivity contribution in [3.05, 3.63) is 59.7 Å². The third-order valence-corrected chi connectivity index (χ3v) is 5.57. The van der Waals surface area contributed by atoms with Crippen molar-refractivity contribution in [1.82, 2.24) is 9.36 Å². The van der Waals surface area contributed by atoms with E-state index in [4.69, 9.17) is 9.47 Å². The summed E-state index contributed by atoms with van der Waals surface area (Å²) in [5.74, 6) is -3.23. The maximum Gasteiger partial charge on any atom is 0.274 e. The molecular weight excluding hydrogens is 431 g/mol. The van der Waals surface area contributed by atoms with Gasteiger partial charge >= 0.3 is 0 Å². The molecule has 1 amide bonds. The van der Waals surface area contributed by atoms with Crippen molar-refractivity contribution in [1.29, 1.82) is 0 Å². The fourth-order valence-electron chi connectivity index (χ4n) is 3.18. The molecule has 6 nitrogen and oxygen atoms in total. The molecule has 3 heterocycles. The van der Waals surface area contributed by atoms with Crippen molar-refractivity contribution < 1.29 is 27.4 Å². The average Bonchev–Trinajstić information content (AvgIpc) is 3.21. The second kappa shape index (κ2) is 9.44. The Kier molecular flexibility index (Phi) is 6.47. The molecule has 4 rings (SSSR count). The molecule has 0 unspecified atom stereocenters. The van der Waals surface area contributed by atoms with E-state index in [1.165, 1.54) is 6.20 Å². The van der Waals surface area contributed by atoms with Crippen LogP contribution < -0.4 is 10.1 Å². The number of carbonyl (C=O) groups excluding carboxylic acids is 1. The molecule has 1 fully saturated rings. The maximum atomic E-state index is 14.2. The highest BCUT2D eigenvalue weighted by Gasteiger charge is 2.21. The average molecular weight is 449 g/mol. The van der Waals surface area contributed by atoms with Gasteiger partial charge in [0.1, 0.15) is 34.5 Å². The van der Waals surface area contributed by atoms with Gasteiger partial charge in [-0.2, -0.15) is 4.37 Å². The van der Waals surface area contributed by atoms with Crippen LogP contribution in [0, 0.1) is 23.4 Å². The normalized spacial score (nSPS) is 14.4. The summed E-state index contributed by atoms with van der Waals surface area (Å²) in [5.41, 5.74) is -1.08. The number of rotatable bonds is 6. The topological polar surface area (TPSA) is 73.3 Å². The number of pyridine rings is 1. The van der Waals surface area contributed by atoms with Crippen LogP contribution in [0.25, 0.3) is 11.3 Å². The Morgan fingerprint density at radius 1 is 1.13 bits per heavy atom. The second-order valence-electron chi connectivity index (χ2n) is 6.97. The van der Waals surface area contributed by atoms with Gasteiger partial charge in [-0.3, -0.25) is 4.79 Å². The van der Waals surface area contributed by atoms with Crippen LogP contribution in [0.2, 0.25) is 0 Å². The van der Waals surface area contributed by atoms with Gasteiger partial charge in [0.05, 0.1) is 18.4 Å². The quantitative estimate of drug-likeness (QED) is 0.592. The summed E-state index contributed by atoms with van der Waals surface area (Å²) >= 11 is 1.08. The largest absolute Gasteiger partial charge is 0.481 e. The van der Waals surface area contributed by atoms with Crippen molar-refractivity contribution in [2.75, 3.05) is 25.1 Å². The number of ether oxygens (including phenoxy) is 2. The van der Waals surface area contributed by atoms with E-state index in [1.807, 2.05) is 0 Å². The van der Waals surface area contributed by atoms with Gasteiger partial charge in [0, 0.05) is 24.7 Å². The molecule has 0 atom stereocenters. The van der Waals surface area contributed by atoms with Crippen molar-refractivity contribution in [3.8, 4) is 16.3 Å². The summed E-state index contributed by atoms with van der Waals surface area (Å²) in [6, 6.07) is 5.22. The van der Waals surface area contributed by atoms with Gasteiger partial charge in [0.25, 0.3) is 5.91 Å². The molecule has 0 radical (unpaired) electrons. The third-order valence-electron chi connectivity index (χ3n) is 4.85. The van der Waals surface area contributed by atoms with Gasteiger partial charge in [-0.1, -0.05) is 6.07 Å².